The van der Waals surface area contributed by atoms with Gasteiger partial charge in [-0.2, -0.15) is 0 Å². The molecule has 0 aromatic heterocycles. The number of hydrogen-bond donors (Lipinski definition) is 0. The van der Waals surface area contributed by atoms with Crippen LogP contribution in [0.15, 0.2) is 12.1 Å². The average molecular weight is 253 g/mol. The van der Waals surface area contributed by atoms with Crippen molar-refractivity contribution in [3.05, 3.63) is 33.4 Å². The van der Waals surface area contributed by atoms with Gasteiger partial charge in [-0.3, -0.25) is 14.9 Å². The molecule has 18 heavy (non-hydrogen) atoms. The summed E-state index contributed by atoms with van der Waals surface area (Å²) >= 11 is 0. The van der Waals surface area contributed by atoms with E-state index in [0.717, 1.165) is 14.0 Å². The third kappa shape index (κ3) is 2.62. The quantitative estimate of drug-likeness (QED) is 0.351. The van der Waals surface area contributed by atoms with Gasteiger partial charge < -0.3 is 9.47 Å². The van der Waals surface area contributed by atoms with E-state index in [4.69, 9.17) is 4.74 Å². The lowest BCUT2D eigenvalue weighted by Crippen LogP contribution is -2.11. The molecule has 0 spiro atoms. The predicted octanol–water partition coefficient (Wildman–Crippen LogP) is 1.62. The van der Waals surface area contributed by atoms with Crippen LogP contribution >= 0.6 is 0 Å². The summed E-state index contributed by atoms with van der Waals surface area (Å²) in [5.74, 6) is -1.96. The zero-order valence-corrected chi connectivity index (χ0v) is 10.1. The molecule has 0 fully saturated rings. The van der Waals surface area contributed by atoms with Crippen molar-refractivity contribution in [2.75, 3.05) is 7.11 Å². The van der Waals surface area contributed by atoms with Gasteiger partial charge in [0.25, 0.3) is 0 Å². The van der Waals surface area contributed by atoms with Gasteiger partial charge in [0.2, 0.25) is 5.75 Å². The van der Waals surface area contributed by atoms with Gasteiger partial charge in [-0.05, 0) is 13.0 Å². The summed E-state index contributed by atoms with van der Waals surface area (Å²) in [4.78, 5) is 32.7. The normalized spacial score (nSPS) is 9.72. The molecule has 7 heteroatoms. The first kappa shape index (κ1) is 13.6. The number of hydrogen-bond acceptors (Lipinski definition) is 6. The van der Waals surface area contributed by atoms with E-state index in [2.05, 4.69) is 4.74 Å². The topological polar surface area (TPSA) is 95.7 Å². The lowest BCUT2D eigenvalue weighted by Gasteiger charge is -2.09. The first-order chi connectivity index (χ1) is 8.38. The molecule has 0 amide bonds. The summed E-state index contributed by atoms with van der Waals surface area (Å²) in [6.07, 6.45) is 0. The van der Waals surface area contributed by atoms with E-state index < -0.39 is 22.5 Å². The molecule has 1 aromatic rings. The van der Waals surface area contributed by atoms with Crippen LogP contribution in [0.5, 0.6) is 5.75 Å². The van der Waals surface area contributed by atoms with Crippen molar-refractivity contribution < 1.29 is 24.0 Å². The number of benzene rings is 1. The smallest absolute Gasteiger partial charge is 0.341 e. The van der Waals surface area contributed by atoms with Gasteiger partial charge in [0.15, 0.2) is 0 Å². The van der Waals surface area contributed by atoms with Crippen molar-refractivity contribution in [2.45, 2.75) is 13.8 Å². The molecular formula is C11H11NO6. The molecule has 96 valence electrons. The number of nitro benzene ring substituents is 1. The number of nitrogens with zero attached hydrogens (tertiary/aromatic N) is 1. The van der Waals surface area contributed by atoms with Crippen molar-refractivity contribution in [1.82, 2.24) is 0 Å². The van der Waals surface area contributed by atoms with Crippen molar-refractivity contribution >= 4 is 17.6 Å². The molecule has 0 aliphatic heterocycles. The molecule has 0 saturated carbocycles. The van der Waals surface area contributed by atoms with Crippen LogP contribution in [-0.4, -0.2) is 24.0 Å². The highest BCUT2D eigenvalue weighted by Crippen LogP contribution is 2.34. The number of esters is 2. The molecule has 0 aliphatic rings. The maximum Gasteiger partial charge on any atom is 0.341 e. The Hall–Kier alpha value is -2.44. The Balaban J connectivity index is 3.53. The summed E-state index contributed by atoms with van der Waals surface area (Å²) in [5.41, 5.74) is -0.304. The molecule has 1 rings (SSSR count). The lowest BCUT2D eigenvalue weighted by molar-refractivity contribution is -0.386. The Bertz CT molecular complexity index is 523. The Morgan fingerprint density at radius 1 is 1.33 bits per heavy atom. The fourth-order valence-corrected chi connectivity index (χ4v) is 1.41. The first-order valence-corrected chi connectivity index (χ1v) is 4.93. The van der Waals surface area contributed by atoms with E-state index in [9.17, 15) is 19.7 Å². The molecular weight excluding hydrogens is 242 g/mol. The van der Waals surface area contributed by atoms with E-state index in [-0.39, 0.29) is 16.9 Å². The van der Waals surface area contributed by atoms with Crippen molar-refractivity contribution in [3.63, 3.8) is 0 Å². The van der Waals surface area contributed by atoms with Crippen LogP contribution in [0.25, 0.3) is 0 Å². The Morgan fingerprint density at radius 2 is 1.94 bits per heavy atom. The first-order valence-electron chi connectivity index (χ1n) is 4.93. The van der Waals surface area contributed by atoms with Gasteiger partial charge in [0, 0.05) is 12.5 Å². The minimum Gasteiger partial charge on any atom is -0.465 e. The zero-order chi connectivity index (χ0) is 13.9. The van der Waals surface area contributed by atoms with E-state index in [1.165, 1.54) is 19.1 Å². The number of rotatable bonds is 3. The molecule has 7 nitrogen and oxygen atoms in total. The summed E-state index contributed by atoms with van der Waals surface area (Å²) in [6, 6.07) is 2.70. The minimum atomic E-state index is -0.811. The lowest BCUT2D eigenvalue weighted by atomic mass is 10.1. The number of nitro groups is 1. The highest BCUT2D eigenvalue weighted by molar-refractivity contribution is 5.95. The second-order valence-electron chi connectivity index (χ2n) is 3.45. The Labute approximate surface area is 102 Å². The van der Waals surface area contributed by atoms with Crippen LogP contribution in [-0.2, 0) is 9.53 Å². The van der Waals surface area contributed by atoms with Crippen LogP contribution < -0.4 is 4.74 Å². The summed E-state index contributed by atoms with van der Waals surface area (Å²) < 4.78 is 9.24. The third-order valence-corrected chi connectivity index (χ3v) is 2.17. The minimum absolute atomic E-state index is 0.162. The number of carbonyl (C=O) groups excluding carboxylic acids is 2. The predicted molar refractivity (Wildman–Crippen MR) is 60.5 cm³/mol. The Kier molecular flexibility index (Phi) is 3.98. The second-order valence-corrected chi connectivity index (χ2v) is 3.45. The highest BCUT2D eigenvalue weighted by atomic mass is 16.6. The zero-order valence-electron chi connectivity index (χ0n) is 10.1. The fourth-order valence-electron chi connectivity index (χ4n) is 1.41. The molecule has 0 bridgehead atoms. The summed E-state index contributed by atoms with van der Waals surface area (Å²) in [7, 11) is 1.13. The fraction of sp³-hybridized carbons (Fsp3) is 0.273. The third-order valence-electron chi connectivity index (χ3n) is 2.17. The van der Waals surface area contributed by atoms with Gasteiger partial charge in [0.1, 0.15) is 5.56 Å². The SMILES string of the molecule is COC(=O)c1ccc(C)c([N+](=O)[O-])c1OC(C)=O. The second kappa shape index (κ2) is 5.26. The van der Waals surface area contributed by atoms with Crippen molar-refractivity contribution in [3.8, 4) is 5.75 Å². The molecule has 0 atom stereocenters. The summed E-state index contributed by atoms with van der Waals surface area (Å²) in [6.45, 7) is 2.57. The van der Waals surface area contributed by atoms with E-state index in [1.807, 2.05) is 0 Å². The largest absolute Gasteiger partial charge is 0.465 e. The standard InChI is InChI=1S/C11H11NO6/c1-6-4-5-8(11(14)17-3)10(18-7(2)13)9(6)12(15)16/h4-5H,1-3H3. The number of ether oxygens (including phenoxy) is 2. The van der Waals surface area contributed by atoms with Crippen LogP contribution in [0.4, 0.5) is 5.69 Å². The van der Waals surface area contributed by atoms with E-state index >= 15 is 0 Å². The summed E-state index contributed by atoms with van der Waals surface area (Å²) in [5, 5.41) is 10.9. The van der Waals surface area contributed by atoms with Crippen LogP contribution in [0.1, 0.15) is 22.8 Å². The maximum atomic E-state index is 11.5. The molecule has 0 heterocycles. The molecule has 0 radical (unpaired) electrons. The number of carbonyl (C=O) groups is 2. The van der Waals surface area contributed by atoms with Crippen molar-refractivity contribution in [2.24, 2.45) is 0 Å². The van der Waals surface area contributed by atoms with Gasteiger partial charge in [-0.1, -0.05) is 6.07 Å². The number of methoxy groups -OCH3 is 1. The molecule has 0 aliphatic carbocycles. The molecule has 0 unspecified atom stereocenters. The number of aryl methyl sites for hydroxylation is 1. The molecule has 1 aromatic carbocycles. The van der Waals surface area contributed by atoms with Crippen LogP contribution in [0, 0.1) is 17.0 Å². The Morgan fingerprint density at radius 3 is 2.39 bits per heavy atom. The van der Waals surface area contributed by atoms with Gasteiger partial charge >= 0.3 is 17.6 Å². The highest BCUT2D eigenvalue weighted by Gasteiger charge is 2.27. The molecule has 0 saturated heterocycles. The average Bonchev–Trinajstić information content (AvgIpc) is 2.27. The van der Waals surface area contributed by atoms with Crippen LogP contribution in [0.2, 0.25) is 0 Å². The van der Waals surface area contributed by atoms with E-state index in [1.54, 1.807) is 0 Å². The van der Waals surface area contributed by atoms with Crippen molar-refractivity contribution in [1.29, 1.82) is 0 Å². The van der Waals surface area contributed by atoms with Gasteiger partial charge in [-0.15, -0.1) is 0 Å². The van der Waals surface area contributed by atoms with E-state index in [0.29, 0.717) is 0 Å². The monoisotopic (exact) mass is 253 g/mol. The van der Waals surface area contributed by atoms with Gasteiger partial charge in [-0.25, -0.2) is 4.79 Å². The maximum absolute atomic E-state index is 11.5. The van der Waals surface area contributed by atoms with Crippen LogP contribution in [0.3, 0.4) is 0 Å². The van der Waals surface area contributed by atoms with Gasteiger partial charge in [0.05, 0.1) is 12.0 Å². The molecule has 0 N–H and O–H groups in total.